The Balaban J connectivity index is 2.21. The quantitative estimate of drug-likeness (QED) is 0.739. The maximum atomic E-state index is 12.9. The van der Waals surface area contributed by atoms with Crippen LogP contribution in [0.2, 0.25) is 0 Å². The topological polar surface area (TPSA) is 112 Å². The van der Waals surface area contributed by atoms with Crippen molar-refractivity contribution >= 4 is 23.5 Å². The van der Waals surface area contributed by atoms with Gasteiger partial charge in [-0.05, 0) is 38.1 Å². The average molecular weight is 364 g/mol. The Labute approximate surface area is 148 Å². The van der Waals surface area contributed by atoms with Crippen LogP contribution in [0.3, 0.4) is 0 Å². The summed E-state index contributed by atoms with van der Waals surface area (Å²) in [5.74, 6) is -2.69. The second-order valence-corrected chi connectivity index (χ2v) is 4.94. The van der Waals surface area contributed by atoms with Gasteiger partial charge in [0.2, 0.25) is 11.6 Å². The molecule has 1 aromatic carbocycles. The highest BCUT2D eigenvalue weighted by atomic mass is 19.1. The van der Waals surface area contributed by atoms with E-state index in [1.54, 1.807) is 13.8 Å². The van der Waals surface area contributed by atoms with Gasteiger partial charge in [0, 0.05) is 5.69 Å². The van der Waals surface area contributed by atoms with Crippen molar-refractivity contribution in [3.8, 4) is 0 Å². The Morgan fingerprint density at radius 3 is 2.31 bits per heavy atom. The molecule has 0 spiro atoms. The fourth-order valence-corrected chi connectivity index (χ4v) is 2.03. The minimum Gasteiger partial charge on any atom is -0.461 e. The summed E-state index contributed by atoms with van der Waals surface area (Å²) >= 11 is 0. The second-order valence-electron chi connectivity index (χ2n) is 4.94. The third-order valence-electron chi connectivity index (χ3n) is 3.09. The van der Waals surface area contributed by atoms with Gasteiger partial charge in [0.1, 0.15) is 12.4 Å². The maximum absolute atomic E-state index is 12.9. The fraction of sp³-hybridized carbons (Fsp3) is 0.312. The van der Waals surface area contributed by atoms with Gasteiger partial charge in [-0.2, -0.15) is 0 Å². The molecule has 1 amide bonds. The number of anilines is 1. The van der Waals surface area contributed by atoms with Crippen molar-refractivity contribution < 1.29 is 28.2 Å². The van der Waals surface area contributed by atoms with Gasteiger partial charge in [-0.3, -0.25) is 4.79 Å². The van der Waals surface area contributed by atoms with Crippen LogP contribution in [0.1, 0.15) is 34.8 Å². The number of rotatable bonds is 7. The average Bonchev–Trinajstić information content (AvgIpc) is 3.01. The molecule has 0 aliphatic rings. The molecular formula is C16H17FN4O5. The Kier molecular flexibility index (Phi) is 6.36. The molecule has 0 aliphatic heterocycles. The van der Waals surface area contributed by atoms with Crippen molar-refractivity contribution in [1.82, 2.24) is 15.0 Å². The van der Waals surface area contributed by atoms with Crippen LogP contribution in [-0.4, -0.2) is 46.1 Å². The van der Waals surface area contributed by atoms with E-state index in [2.05, 4.69) is 15.6 Å². The molecule has 0 bridgehead atoms. The molecule has 26 heavy (non-hydrogen) atoms. The molecule has 0 atom stereocenters. The lowest BCUT2D eigenvalue weighted by Crippen LogP contribution is -2.24. The minimum atomic E-state index is -0.852. The number of amides is 1. The number of aromatic nitrogens is 3. The molecule has 2 rings (SSSR count). The van der Waals surface area contributed by atoms with Gasteiger partial charge in [0.15, 0.2) is 5.69 Å². The molecule has 0 fully saturated rings. The third kappa shape index (κ3) is 4.62. The van der Waals surface area contributed by atoms with Gasteiger partial charge in [-0.1, -0.05) is 5.21 Å². The molecule has 10 heteroatoms. The molecule has 1 aromatic heterocycles. The van der Waals surface area contributed by atoms with Crippen LogP contribution in [0.15, 0.2) is 24.3 Å². The monoisotopic (exact) mass is 364 g/mol. The highest BCUT2D eigenvalue weighted by molar-refractivity contribution is 6.01. The summed E-state index contributed by atoms with van der Waals surface area (Å²) in [5.41, 5.74) is -0.251. The first-order valence-corrected chi connectivity index (χ1v) is 7.79. The fourth-order valence-electron chi connectivity index (χ4n) is 2.03. The van der Waals surface area contributed by atoms with Gasteiger partial charge < -0.3 is 14.8 Å². The van der Waals surface area contributed by atoms with Crippen molar-refractivity contribution in [2.75, 3.05) is 18.5 Å². The number of carbonyl (C=O) groups is 3. The van der Waals surface area contributed by atoms with E-state index in [1.807, 2.05) is 0 Å². The number of nitrogens with one attached hydrogen (secondary N) is 1. The zero-order chi connectivity index (χ0) is 19.1. The first-order chi connectivity index (χ1) is 12.5. The van der Waals surface area contributed by atoms with Gasteiger partial charge in [0.05, 0.1) is 13.2 Å². The van der Waals surface area contributed by atoms with Gasteiger partial charge >= 0.3 is 11.9 Å². The molecule has 9 nitrogen and oxygen atoms in total. The van der Waals surface area contributed by atoms with Crippen LogP contribution in [0.5, 0.6) is 0 Å². The number of hydrogen-bond donors (Lipinski definition) is 1. The normalized spacial score (nSPS) is 10.3. The number of halogens is 1. The van der Waals surface area contributed by atoms with Crippen molar-refractivity contribution in [3.63, 3.8) is 0 Å². The van der Waals surface area contributed by atoms with Crippen molar-refractivity contribution in [2.45, 2.75) is 20.4 Å². The molecule has 1 heterocycles. The van der Waals surface area contributed by atoms with E-state index in [1.165, 1.54) is 24.3 Å². The molecule has 1 N–H and O–H groups in total. The largest absolute Gasteiger partial charge is 0.461 e. The molecule has 2 aromatic rings. The molecule has 0 radical (unpaired) electrons. The number of ether oxygens (including phenoxy) is 2. The Bertz CT molecular complexity index is 803. The molecule has 0 aliphatic carbocycles. The van der Waals surface area contributed by atoms with Crippen LogP contribution in [0.4, 0.5) is 10.1 Å². The lowest BCUT2D eigenvalue weighted by molar-refractivity contribution is -0.116. The van der Waals surface area contributed by atoms with E-state index in [0.29, 0.717) is 5.69 Å². The summed E-state index contributed by atoms with van der Waals surface area (Å²) in [6.07, 6.45) is 0. The minimum absolute atomic E-state index is 0.0635. The number of hydrogen-bond acceptors (Lipinski definition) is 7. The van der Waals surface area contributed by atoms with Crippen LogP contribution >= 0.6 is 0 Å². The zero-order valence-corrected chi connectivity index (χ0v) is 14.2. The molecular weight excluding hydrogens is 347 g/mol. The van der Waals surface area contributed by atoms with E-state index in [0.717, 1.165) is 4.68 Å². The summed E-state index contributed by atoms with van der Waals surface area (Å²) in [7, 11) is 0. The van der Waals surface area contributed by atoms with Gasteiger partial charge in [0.25, 0.3) is 0 Å². The Morgan fingerprint density at radius 2 is 1.69 bits per heavy atom. The van der Waals surface area contributed by atoms with E-state index < -0.39 is 30.2 Å². The van der Waals surface area contributed by atoms with Crippen LogP contribution in [0, 0.1) is 5.82 Å². The lowest BCUT2D eigenvalue weighted by Gasteiger charge is -2.08. The summed E-state index contributed by atoms with van der Waals surface area (Å²) < 4.78 is 23.6. The summed E-state index contributed by atoms with van der Waals surface area (Å²) in [6.45, 7) is 2.94. The highest BCUT2D eigenvalue weighted by Gasteiger charge is 2.28. The second kappa shape index (κ2) is 8.70. The lowest BCUT2D eigenvalue weighted by atomic mass is 10.3. The van der Waals surface area contributed by atoms with Crippen molar-refractivity contribution in [3.05, 3.63) is 41.5 Å². The van der Waals surface area contributed by atoms with Crippen LogP contribution < -0.4 is 5.32 Å². The Morgan fingerprint density at radius 1 is 1.08 bits per heavy atom. The van der Waals surface area contributed by atoms with Crippen LogP contribution in [0.25, 0.3) is 0 Å². The molecule has 138 valence electrons. The van der Waals surface area contributed by atoms with E-state index in [9.17, 15) is 18.8 Å². The Hall–Kier alpha value is -3.30. The SMILES string of the molecule is CCOC(=O)c1nnn(CC(=O)Nc2ccc(F)cc2)c1C(=O)OCC. The van der Waals surface area contributed by atoms with Crippen molar-refractivity contribution in [1.29, 1.82) is 0 Å². The number of carbonyl (C=O) groups excluding carboxylic acids is 3. The van der Waals surface area contributed by atoms with E-state index in [-0.39, 0.29) is 24.6 Å². The standard InChI is InChI=1S/C16H17FN4O5/c1-3-25-15(23)13-14(16(24)26-4-2)21(20-19-13)9-12(22)18-11-7-5-10(17)6-8-11/h5-8H,3-4,9H2,1-2H3,(H,18,22). The number of benzene rings is 1. The van der Waals surface area contributed by atoms with E-state index in [4.69, 9.17) is 9.47 Å². The van der Waals surface area contributed by atoms with E-state index >= 15 is 0 Å². The zero-order valence-electron chi connectivity index (χ0n) is 14.2. The van der Waals surface area contributed by atoms with Gasteiger partial charge in [-0.25, -0.2) is 18.7 Å². The maximum Gasteiger partial charge on any atom is 0.361 e. The first-order valence-electron chi connectivity index (χ1n) is 7.79. The van der Waals surface area contributed by atoms with Crippen molar-refractivity contribution in [2.24, 2.45) is 0 Å². The molecule has 0 saturated heterocycles. The predicted octanol–water partition coefficient (Wildman–Crippen LogP) is 1.41. The third-order valence-corrected chi connectivity index (χ3v) is 3.09. The van der Waals surface area contributed by atoms with Crippen LogP contribution in [-0.2, 0) is 20.8 Å². The first kappa shape index (κ1) is 19.0. The molecule has 0 unspecified atom stereocenters. The predicted molar refractivity (Wildman–Crippen MR) is 87.0 cm³/mol. The van der Waals surface area contributed by atoms with Gasteiger partial charge in [-0.15, -0.1) is 5.10 Å². The molecule has 0 saturated carbocycles. The summed E-state index contributed by atoms with van der Waals surface area (Å²) in [5, 5.41) is 9.80. The number of nitrogens with zero attached hydrogens (tertiary/aromatic N) is 3. The summed E-state index contributed by atoms with van der Waals surface area (Å²) in [6, 6.07) is 5.14. The smallest absolute Gasteiger partial charge is 0.361 e. The summed E-state index contributed by atoms with van der Waals surface area (Å²) in [4.78, 5) is 36.2. The number of esters is 2. The highest BCUT2D eigenvalue weighted by Crippen LogP contribution is 2.12.